The number of nitrogens with one attached hydrogen (secondary N) is 1. The first kappa shape index (κ1) is 17.5. The maximum atomic E-state index is 11.7. The van der Waals surface area contributed by atoms with E-state index in [0.29, 0.717) is 29.9 Å². The highest BCUT2D eigenvalue weighted by atomic mass is 32.1. The molecule has 0 amide bonds. The largest absolute Gasteiger partial charge is 0.376 e. The number of aromatic nitrogens is 3. The summed E-state index contributed by atoms with van der Waals surface area (Å²) in [5.74, 6) is 0. The number of anilines is 2. The predicted molar refractivity (Wildman–Crippen MR) is 97.6 cm³/mol. The lowest BCUT2D eigenvalue weighted by Gasteiger charge is -2.09. The van der Waals surface area contributed by atoms with Crippen molar-refractivity contribution in [3.63, 3.8) is 0 Å². The van der Waals surface area contributed by atoms with Gasteiger partial charge in [-0.15, -0.1) is 5.10 Å². The number of fused-ring (bicyclic) bond motifs is 1. The first-order chi connectivity index (χ1) is 12.1. The number of benzene rings is 1. The maximum Gasteiger partial charge on any atom is 0.275 e. The zero-order chi connectivity index (χ0) is 17.6. The van der Waals surface area contributed by atoms with Crippen molar-refractivity contribution >= 4 is 27.1 Å². The van der Waals surface area contributed by atoms with Gasteiger partial charge in [-0.25, -0.2) is 4.98 Å². The molecular formula is C17H20N4O3S. The Morgan fingerprint density at radius 2 is 2.16 bits per heavy atom. The van der Waals surface area contributed by atoms with E-state index in [0.717, 1.165) is 11.3 Å². The van der Waals surface area contributed by atoms with Gasteiger partial charge in [0, 0.05) is 18.0 Å². The van der Waals surface area contributed by atoms with E-state index in [1.807, 2.05) is 38.1 Å². The van der Waals surface area contributed by atoms with Crippen molar-refractivity contribution in [3.05, 3.63) is 52.4 Å². The van der Waals surface area contributed by atoms with Gasteiger partial charge >= 0.3 is 0 Å². The van der Waals surface area contributed by atoms with Crippen LogP contribution >= 0.6 is 11.3 Å². The van der Waals surface area contributed by atoms with Gasteiger partial charge in [-0.05, 0) is 31.5 Å². The molecule has 0 spiro atoms. The summed E-state index contributed by atoms with van der Waals surface area (Å²) in [6.07, 6.45) is 1.70. The van der Waals surface area contributed by atoms with Gasteiger partial charge in [0.1, 0.15) is 0 Å². The number of hydrogen-bond acceptors (Lipinski definition) is 7. The minimum atomic E-state index is -0.194. The van der Waals surface area contributed by atoms with Crippen molar-refractivity contribution in [2.45, 2.75) is 26.6 Å². The van der Waals surface area contributed by atoms with Crippen LogP contribution in [0, 0.1) is 0 Å². The molecule has 0 fully saturated rings. The van der Waals surface area contributed by atoms with Crippen molar-refractivity contribution in [2.24, 2.45) is 0 Å². The van der Waals surface area contributed by atoms with Crippen molar-refractivity contribution in [1.82, 2.24) is 14.6 Å². The third-order valence-corrected chi connectivity index (χ3v) is 4.13. The molecule has 7 nitrogen and oxygen atoms in total. The summed E-state index contributed by atoms with van der Waals surface area (Å²) in [6.45, 7) is 5.66. The van der Waals surface area contributed by atoms with Crippen LogP contribution < -0.4 is 10.9 Å². The number of nitrogens with zero attached hydrogens (tertiary/aromatic N) is 3. The molecule has 1 N–H and O–H groups in total. The normalized spacial score (nSPS) is 11.3. The van der Waals surface area contributed by atoms with Crippen LogP contribution in [0.4, 0.5) is 10.8 Å². The molecule has 0 atom stereocenters. The Kier molecular flexibility index (Phi) is 5.75. The molecule has 3 rings (SSSR count). The fourth-order valence-electron chi connectivity index (χ4n) is 2.19. The fraction of sp³-hybridized carbons (Fsp3) is 0.353. The molecule has 2 heterocycles. The maximum absolute atomic E-state index is 11.7. The minimum Gasteiger partial charge on any atom is -0.376 e. The van der Waals surface area contributed by atoms with E-state index >= 15 is 0 Å². The van der Waals surface area contributed by atoms with Crippen LogP contribution in [0.25, 0.3) is 4.96 Å². The van der Waals surface area contributed by atoms with E-state index in [1.165, 1.54) is 28.1 Å². The highest BCUT2D eigenvalue weighted by Crippen LogP contribution is 2.22. The average molecular weight is 360 g/mol. The van der Waals surface area contributed by atoms with Gasteiger partial charge in [0.25, 0.3) is 5.56 Å². The summed E-state index contributed by atoms with van der Waals surface area (Å²) < 4.78 is 12.3. The highest BCUT2D eigenvalue weighted by molar-refractivity contribution is 7.20. The lowest BCUT2D eigenvalue weighted by Crippen LogP contribution is -2.12. The van der Waals surface area contributed by atoms with Gasteiger partial charge in [0.05, 0.1) is 25.9 Å². The second kappa shape index (κ2) is 8.19. The van der Waals surface area contributed by atoms with Crippen molar-refractivity contribution in [1.29, 1.82) is 0 Å². The molecule has 0 unspecified atom stereocenters. The summed E-state index contributed by atoms with van der Waals surface area (Å²) >= 11 is 1.32. The topological polar surface area (TPSA) is 77.8 Å². The Labute approximate surface area is 149 Å². The van der Waals surface area contributed by atoms with E-state index in [1.54, 1.807) is 0 Å². The lowest BCUT2D eigenvalue weighted by atomic mass is 10.2. The molecule has 3 aromatic rings. The van der Waals surface area contributed by atoms with E-state index in [9.17, 15) is 4.79 Å². The number of rotatable bonds is 8. The van der Waals surface area contributed by atoms with Crippen LogP contribution in [-0.2, 0) is 16.1 Å². The summed E-state index contributed by atoms with van der Waals surface area (Å²) in [6, 6.07) is 9.26. The number of hydrogen-bond donors (Lipinski definition) is 1. The Morgan fingerprint density at radius 1 is 1.28 bits per heavy atom. The first-order valence-electron chi connectivity index (χ1n) is 8.02. The van der Waals surface area contributed by atoms with Crippen molar-refractivity contribution in [2.75, 3.05) is 18.5 Å². The van der Waals surface area contributed by atoms with Gasteiger partial charge in [0.2, 0.25) is 10.1 Å². The third kappa shape index (κ3) is 4.85. The molecule has 0 aliphatic heterocycles. The molecule has 0 bridgehead atoms. The molecule has 0 saturated heterocycles. The van der Waals surface area contributed by atoms with Gasteiger partial charge in [0.15, 0.2) is 0 Å². The van der Waals surface area contributed by atoms with E-state index in [-0.39, 0.29) is 11.7 Å². The Morgan fingerprint density at radius 3 is 2.96 bits per heavy atom. The van der Waals surface area contributed by atoms with Gasteiger partial charge < -0.3 is 14.8 Å². The molecule has 0 aliphatic rings. The fourth-order valence-corrected chi connectivity index (χ4v) is 2.98. The smallest absolute Gasteiger partial charge is 0.275 e. The highest BCUT2D eigenvalue weighted by Gasteiger charge is 2.06. The molecule has 0 radical (unpaired) electrons. The monoisotopic (exact) mass is 360 g/mol. The molecule has 1 aromatic carbocycles. The Balaban J connectivity index is 1.61. The minimum absolute atomic E-state index is 0.194. The summed E-state index contributed by atoms with van der Waals surface area (Å²) in [5, 5.41) is 8.06. The van der Waals surface area contributed by atoms with Gasteiger partial charge in [-0.1, -0.05) is 23.5 Å². The second-order valence-electron chi connectivity index (χ2n) is 5.68. The Bertz CT molecular complexity index is 891. The molecule has 8 heteroatoms. The molecule has 0 aliphatic carbocycles. The van der Waals surface area contributed by atoms with Crippen LogP contribution in [-0.4, -0.2) is 33.9 Å². The van der Waals surface area contributed by atoms with E-state index in [2.05, 4.69) is 15.4 Å². The lowest BCUT2D eigenvalue weighted by molar-refractivity contribution is 0.0143. The Hall–Kier alpha value is -2.29. The molecular weight excluding hydrogens is 340 g/mol. The SMILES string of the molecule is CC(C)OCCOCc1cccc(Nc2nn3c(=O)ccnc3s2)c1. The summed E-state index contributed by atoms with van der Waals surface area (Å²) in [5.41, 5.74) is 1.73. The van der Waals surface area contributed by atoms with Crippen LogP contribution in [0.1, 0.15) is 19.4 Å². The zero-order valence-electron chi connectivity index (χ0n) is 14.1. The molecule has 0 saturated carbocycles. The van der Waals surface area contributed by atoms with Crippen LogP contribution in [0.2, 0.25) is 0 Å². The van der Waals surface area contributed by atoms with E-state index < -0.39 is 0 Å². The molecule has 132 valence electrons. The second-order valence-corrected chi connectivity index (χ2v) is 6.64. The van der Waals surface area contributed by atoms with Crippen LogP contribution in [0.3, 0.4) is 0 Å². The van der Waals surface area contributed by atoms with E-state index in [4.69, 9.17) is 9.47 Å². The van der Waals surface area contributed by atoms with Crippen molar-refractivity contribution < 1.29 is 9.47 Å². The molecule has 2 aromatic heterocycles. The first-order valence-corrected chi connectivity index (χ1v) is 8.83. The predicted octanol–water partition coefficient (Wildman–Crippen LogP) is 2.84. The quantitative estimate of drug-likeness (QED) is 0.623. The van der Waals surface area contributed by atoms with Gasteiger partial charge in [-0.2, -0.15) is 4.52 Å². The van der Waals surface area contributed by atoms with Crippen LogP contribution in [0.15, 0.2) is 41.3 Å². The third-order valence-electron chi connectivity index (χ3n) is 3.30. The average Bonchev–Trinajstić information content (AvgIpc) is 2.98. The summed E-state index contributed by atoms with van der Waals surface area (Å²) in [7, 11) is 0. The standard InChI is InChI=1S/C17H20N4O3S/c1-12(2)24-9-8-23-11-13-4-3-5-14(10-13)19-16-20-21-15(22)6-7-18-17(21)25-16/h3-7,10,12H,8-9,11H2,1-2H3,(H,19,20). The van der Waals surface area contributed by atoms with Crippen LogP contribution in [0.5, 0.6) is 0 Å². The van der Waals surface area contributed by atoms with Crippen molar-refractivity contribution in [3.8, 4) is 0 Å². The molecule has 25 heavy (non-hydrogen) atoms. The zero-order valence-corrected chi connectivity index (χ0v) is 15.0. The van der Waals surface area contributed by atoms with Gasteiger partial charge in [-0.3, -0.25) is 4.79 Å². The summed E-state index contributed by atoms with van der Waals surface area (Å²) in [4.78, 5) is 16.4. The number of ether oxygens (including phenoxy) is 2.